The zero-order valence-corrected chi connectivity index (χ0v) is 12.4. The lowest BCUT2D eigenvalue weighted by molar-refractivity contribution is -0.0120. The Bertz CT molecular complexity index is 563. The van der Waals surface area contributed by atoms with E-state index < -0.39 is 15.6 Å². The van der Waals surface area contributed by atoms with Crippen molar-refractivity contribution in [1.82, 2.24) is 14.5 Å². The Hall–Kier alpha value is -1.16. The number of hydrogen-bond donors (Lipinski definition) is 2. The maximum atomic E-state index is 12.3. The van der Waals surface area contributed by atoms with Crippen LogP contribution in [0.2, 0.25) is 0 Å². The van der Waals surface area contributed by atoms with Crippen molar-refractivity contribution in [3.63, 3.8) is 0 Å². The molecule has 0 bridgehead atoms. The largest absolute Gasteiger partial charge is 0.381 e. The molecule has 1 atom stereocenters. The van der Waals surface area contributed by atoms with E-state index in [4.69, 9.17) is 15.2 Å². The molecule has 1 aromatic rings. The Morgan fingerprint density at radius 3 is 2.90 bits per heavy atom. The average Bonchev–Trinajstić information content (AvgIpc) is 3.04. The molecule has 0 radical (unpaired) electrons. The number of rotatable bonds is 6. The van der Waals surface area contributed by atoms with Crippen molar-refractivity contribution in [1.29, 1.82) is 0 Å². The van der Waals surface area contributed by atoms with Gasteiger partial charge in [-0.1, -0.05) is 0 Å². The first kappa shape index (κ1) is 15.2. The van der Waals surface area contributed by atoms with E-state index in [0.717, 1.165) is 0 Å². The minimum Gasteiger partial charge on any atom is -0.381 e. The van der Waals surface area contributed by atoms with Crippen molar-refractivity contribution in [3.05, 3.63) is 6.20 Å². The fourth-order valence-corrected chi connectivity index (χ4v) is 3.24. The third-order valence-corrected chi connectivity index (χ3v) is 4.87. The summed E-state index contributed by atoms with van der Waals surface area (Å²) in [4.78, 5) is -0.00971. The molecule has 0 aliphatic carbocycles. The summed E-state index contributed by atoms with van der Waals surface area (Å²) >= 11 is 0. The van der Waals surface area contributed by atoms with Crippen LogP contribution in [-0.2, 0) is 26.0 Å². The molecular weight excluding hydrogens is 284 g/mol. The number of nitrogens with two attached hydrogens (primary N) is 1. The van der Waals surface area contributed by atoms with Gasteiger partial charge >= 0.3 is 0 Å². The molecule has 0 aromatic carbocycles. The van der Waals surface area contributed by atoms with E-state index in [2.05, 4.69) is 9.82 Å². The normalized spacial score (nSPS) is 23.3. The Balaban J connectivity index is 2.12. The molecule has 1 aliphatic heterocycles. The number of aromatic nitrogens is 2. The predicted molar refractivity (Wildman–Crippen MR) is 72.7 cm³/mol. The van der Waals surface area contributed by atoms with Gasteiger partial charge in [0.15, 0.2) is 5.82 Å². The minimum atomic E-state index is -3.71. The van der Waals surface area contributed by atoms with Gasteiger partial charge in [-0.3, -0.25) is 4.68 Å². The van der Waals surface area contributed by atoms with Gasteiger partial charge in [0.2, 0.25) is 10.0 Å². The third-order valence-electron chi connectivity index (χ3n) is 3.45. The molecule has 0 spiro atoms. The molecule has 2 heterocycles. The monoisotopic (exact) mass is 304 g/mol. The number of nitrogens with zero attached hydrogens (tertiary/aromatic N) is 2. The van der Waals surface area contributed by atoms with Crippen LogP contribution < -0.4 is 10.5 Å². The molecule has 2 rings (SSSR count). The van der Waals surface area contributed by atoms with Crippen molar-refractivity contribution < 1.29 is 17.9 Å². The third kappa shape index (κ3) is 2.95. The molecule has 1 fully saturated rings. The number of aryl methyl sites for hydroxylation is 1. The number of ether oxygens (including phenoxy) is 2. The average molecular weight is 304 g/mol. The van der Waals surface area contributed by atoms with E-state index >= 15 is 0 Å². The van der Waals surface area contributed by atoms with Gasteiger partial charge in [0.25, 0.3) is 0 Å². The fourth-order valence-electron chi connectivity index (χ4n) is 2.05. The molecule has 8 nitrogen and oxygen atoms in total. The highest BCUT2D eigenvalue weighted by Gasteiger charge is 2.36. The van der Waals surface area contributed by atoms with E-state index in [1.165, 1.54) is 10.9 Å². The maximum Gasteiger partial charge on any atom is 0.245 e. The van der Waals surface area contributed by atoms with Crippen molar-refractivity contribution in [3.8, 4) is 0 Å². The van der Waals surface area contributed by atoms with Crippen molar-refractivity contribution >= 4 is 15.8 Å². The number of hydrogen-bond acceptors (Lipinski definition) is 6. The second kappa shape index (κ2) is 5.68. The van der Waals surface area contributed by atoms with Crippen LogP contribution in [0.15, 0.2) is 11.1 Å². The van der Waals surface area contributed by atoms with Gasteiger partial charge in [-0.2, -0.15) is 5.10 Å². The topological polar surface area (TPSA) is 108 Å². The zero-order valence-electron chi connectivity index (χ0n) is 11.6. The molecule has 20 heavy (non-hydrogen) atoms. The predicted octanol–water partition coefficient (Wildman–Crippen LogP) is -0.431. The molecule has 0 saturated carbocycles. The molecule has 1 saturated heterocycles. The van der Waals surface area contributed by atoms with Gasteiger partial charge in [0.05, 0.1) is 6.61 Å². The Morgan fingerprint density at radius 2 is 2.40 bits per heavy atom. The van der Waals surface area contributed by atoms with E-state index in [0.29, 0.717) is 26.2 Å². The second-order valence-corrected chi connectivity index (χ2v) is 6.48. The smallest absolute Gasteiger partial charge is 0.245 e. The number of methoxy groups -OCH3 is 1. The first-order chi connectivity index (χ1) is 9.42. The summed E-state index contributed by atoms with van der Waals surface area (Å²) < 4.78 is 39.2. The van der Waals surface area contributed by atoms with E-state index in [9.17, 15) is 8.42 Å². The summed E-state index contributed by atoms with van der Waals surface area (Å²) in [6.45, 7) is 3.48. The quantitative estimate of drug-likeness (QED) is 0.738. The first-order valence-corrected chi connectivity index (χ1v) is 7.86. The summed E-state index contributed by atoms with van der Waals surface area (Å²) in [5.74, 6) is -0.00603. The SMILES string of the molecule is CCn1cc(S(=O)(=O)NCC2(OC)CCOC2)c(N)n1. The second-order valence-electron chi connectivity index (χ2n) is 4.75. The highest BCUT2D eigenvalue weighted by atomic mass is 32.2. The molecule has 3 N–H and O–H groups in total. The lowest BCUT2D eigenvalue weighted by Crippen LogP contribution is -2.44. The summed E-state index contributed by atoms with van der Waals surface area (Å²) in [6.07, 6.45) is 2.07. The molecule has 1 unspecified atom stereocenters. The van der Waals surface area contributed by atoms with E-state index in [-0.39, 0.29) is 17.3 Å². The van der Waals surface area contributed by atoms with E-state index in [1.54, 1.807) is 7.11 Å². The van der Waals surface area contributed by atoms with Crippen LogP contribution >= 0.6 is 0 Å². The summed E-state index contributed by atoms with van der Waals surface area (Å²) in [6, 6.07) is 0. The number of nitrogen functional groups attached to an aromatic ring is 1. The van der Waals surface area contributed by atoms with Gasteiger partial charge in [0.1, 0.15) is 10.5 Å². The van der Waals surface area contributed by atoms with Crippen LogP contribution in [-0.4, -0.2) is 50.7 Å². The number of nitrogens with one attached hydrogen (secondary N) is 1. The van der Waals surface area contributed by atoms with Gasteiger partial charge in [0, 0.05) is 39.4 Å². The number of anilines is 1. The van der Waals surface area contributed by atoms with Gasteiger partial charge in [-0.15, -0.1) is 0 Å². The molecule has 1 aliphatic rings. The van der Waals surface area contributed by atoms with Crippen molar-refractivity contribution in [2.75, 3.05) is 32.6 Å². The van der Waals surface area contributed by atoms with Crippen molar-refractivity contribution in [2.24, 2.45) is 0 Å². The van der Waals surface area contributed by atoms with Crippen molar-refractivity contribution in [2.45, 2.75) is 30.4 Å². The standard InChI is InChI=1S/C11H20N4O4S/c1-3-15-6-9(10(12)14-15)20(16,17)13-7-11(18-2)4-5-19-8-11/h6,13H,3-5,7-8H2,1-2H3,(H2,12,14). The summed E-state index contributed by atoms with van der Waals surface area (Å²) in [7, 11) is -2.16. The molecule has 1 aromatic heterocycles. The van der Waals surface area contributed by atoms with Crippen LogP contribution in [0, 0.1) is 0 Å². The Morgan fingerprint density at radius 1 is 1.65 bits per heavy atom. The molecule has 9 heteroatoms. The summed E-state index contributed by atoms with van der Waals surface area (Å²) in [5, 5.41) is 3.93. The number of sulfonamides is 1. The Kier molecular flexibility index (Phi) is 4.33. The van der Waals surface area contributed by atoms with Gasteiger partial charge in [-0.05, 0) is 6.92 Å². The molecule has 114 valence electrons. The molecule has 0 amide bonds. The highest BCUT2D eigenvalue weighted by Crippen LogP contribution is 2.23. The lowest BCUT2D eigenvalue weighted by atomic mass is 10.0. The molecular formula is C11H20N4O4S. The lowest BCUT2D eigenvalue weighted by Gasteiger charge is -2.25. The van der Waals surface area contributed by atoms with Crippen LogP contribution in [0.25, 0.3) is 0 Å². The zero-order chi connectivity index (χ0) is 14.8. The Labute approximate surface area is 118 Å². The maximum absolute atomic E-state index is 12.3. The van der Waals surface area contributed by atoms with Crippen LogP contribution in [0.4, 0.5) is 5.82 Å². The fraction of sp³-hybridized carbons (Fsp3) is 0.727. The highest BCUT2D eigenvalue weighted by molar-refractivity contribution is 7.89. The first-order valence-electron chi connectivity index (χ1n) is 6.38. The van der Waals surface area contributed by atoms with Crippen LogP contribution in [0.1, 0.15) is 13.3 Å². The van der Waals surface area contributed by atoms with Gasteiger partial charge < -0.3 is 15.2 Å². The van der Waals surface area contributed by atoms with Crippen LogP contribution in [0.3, 0.4) is 0 Å². The van der Waals surface area contributed by atoms with E-state index in [1.807, 2.05) is 6.92 Å². The van der Waals surface area contributed by atoms with Crippen LogP contribution in [0.5, 0.6) is 0 Å². The minimum absolute atomic E-state index is 0.00603. The van der Waals surface area contributed by atoms with Gasteiger partial charge in [-0.25, -0.2) is 13.1 Å². The summed E-state index contributed by atoms with van der Waals surface area (Å²) in [5.41, 5.74) is 5.04.